The quantitative estimate of drug-likeness (QED) is 0.250. The minimum absolute atomic E-state index is 0.0285. The summed E-state index contributed by atoms with van der Waals surface area (Å²) in [5.74, 6) is 0.485. The average molecular weight is 486 g/mol. The van der Waals surface area contributed by atoms with Crippen LogP contribution in [0.1, 0.15) is 12.5 Å². The van der Waals surface area contributed by atoms with Crippen LogP contribution in [0.4, 0.5) is 4.79 Å². The van der Waals surface area contributed by atoms with Crippen LogP contribution in [0.25, 0.3) is 0 Å². The molecule has 170 valence electrons. The lowest BCUT2D eigenvalue weighted by molar-refractivity contribution is 0.106. The van der Waals surface area contributed by atoms with E-state index in [0.717, 1.165) is 0 Å². The third kappa shape index (κ3) is 5.83. The second-order valence-electron chi connectivity index (χ2n) is 6.77. The van der Waals surface area contributed by atoms with Gasteiger partial charge in [-0.05, 0) is 31.2 Å². The van der Waals surface area contributed by atoms with Crippen LogP contribution >= 0.6 is 23.2 Å². The molecule has 33 heavy (non-hydrogen) atoms. The standard InChI is InChI=1S/C23H21Cl2N5O3/c1-3-12-32-23(31)29(4-2)20-14-30(22(27-15-26)33-17-8-6-5-7-9-17)28-21(20)16-10-11-18(24)19(25)13-16/h3,5-11,13,20H,1,4,12,14H2,2H3/b27-22+. The molecule has 1 aliphatic rings. The Bertz CT molecular complexity index is 1110. The third-order valence-corrected chi connectivity index (χ3v) is 5.44. The number of nitriles is 1. The summed E-state index contributed by atoms with van der Waals surface area (Å²) in [4.78, 5) is 18.1. The van der Waals surface area contributed by atoms with Gasteiger partial charge in [0, 0.05) is 12.1 Å². The smallest absolute Gasteiger partial charge is 0.410 e. The van der Waals surface area contributed by atoms with Crippen LogP contribution in [-0.2, 0) is 4.74 Å². The zero-order valence-electron chi connectivity index (χ0n) is 17.8. The molecule has 0 N–H and O–H groups in total. The number of halogens is 2. The van der Waals surface area contributed by atoms with Crippen LogP contribution in [0.3, 0.4) is 0 Å². The zero-order valence-corrected chi connectivity index (χ0v) is 19.3. The molecule has 10 heteroatoms. The Balaban J connectivity index is 2.00. The molecule has 0 aromatic heterocycles. The van der Waals surface area contributed by atoms with E-state index >= 15 is 0 Å². The Kier molecular flexibility index (Phi) is 8.30. The number of hydrogen-bond donors (Lipinski definition) is 0. The van der Waals surface area contributed by atoms with Crippen molar-refractivity contribution in [3.05, 3.63) is 76.8 Å². The summed E-state index contributed by atoms with van der Waals surface area (Å²) in [5, 5.41) is 16.0. The predicted molar refractivity (Wildman–Crippen MR) is 128 cm³/mol. The monoisotopic (exact) mass is 485 g/mol. The molecule has 3 rings (SSSR count). The van der Waals surface area contributed by atoms with Gasteiger partial charge >= 0.3 is 12.1 Å². The first-order chi connectivity index (χ1) is 16.0. The summed E-state index contributed by atoms with van der Waals surface area (Å²) < 4.78 is 11.1. The van der Waals surface area contributed by atoms with E-state index in [2.05, 4.69) is 16.7 Å². The van der Waals surface area contributed by atoms with Crippen LogP contribution in [0.15, 0.2) is 71.3 Å². The largest absolute Gasteiger partial charge is 0.445 e. The maximum Gasteiger partial charge on any atom is 0.410 e. The van der Waals surface area contributed by atoms with Crippen LogP contribution < -0.4 is 4.74 Å². The van der Waals surface area contributed by atoms with Gasteiger partial charge < -0.3 is 9.47 Å². The molecule has 0 bridgehead atoms. The minimum Gasteiger partial charge on any atom is -0.445 e. The van der Waals surface area contributed by atoms with Gasteiger partial charge in [0.2, 0.25) is 6.19 Å². The molecule has 0 aliphatic carbocycles. The minimum atomic E-state index is -0.534. The summed E-state index contributed by atoms with van der Waals surface area (Å²) in [6.45, 7) is 6.00. The first-order valence-corrected chi connectivity index (χ1v) is 10.8. The van der Waals surface area contributed by atoms with Gasteiger partial charge in [0.15, 0.2) is 0 Å². The SMILES string of the molecule is C=CCOC(=O)N(CC)C1CN(/C(=N\C#N)Oc2ccccc2)N=C1c1ccc(Cl)c(Cl)c1. The number of carbonyl (C=O) groups is 1. The van der Waals surface area contributed by atoms with E-state index in [1.165, 1.54) is 16.0 Å². The molecule has 0 saturated carbocycles. The van der Waals surface area contributed by atoms with Crippen molar-refractivity contribution in [2.24, 2.45) is 10.1 Å². The fourth-order valence-corrected chi connectivity index (χ4v) is 3.52. The van der Waals surface area contributed by atoms with Gasteiger partial charge in [0.1, 0.15) is 12.4 Å². The van der Waals surface area contributed by atoms with E-state index in [0.29, 0.717) is 33.6 Å². The lowest BCUT2D eigenvalue weighted by atomic mass is 10.0. The van der Waals surface area contributed by atoms with Crippen molar-refractivity contribution in [2.45, 2.75) is 13.0 Å². The number of likely N-dealkylation sites (N-methyl/N-ethyl adjacent to an activating group) is 1. The maximum atomic E-state index is 12.7. The molecule has 1 heterocycles. The Morgan fingerprint density at radius 1 is 1.33 bits per heavy atom. The molecule has 1 aliphatic heterocycles. The fourth-order valence-electron chi connectivity index (χ4n) is 3.22. The highest BCUT2D eigenvalue weighted by atomic mass is 35.5. The summed E-state index contributed by atoms with van der Waals surface area (Å²) in [6.07, 6.45) is 2.71. The lowest BCUT2D eigenvalue weighted by Gasteiger charge is -2.28. The third-order valence-electron chi connectivity index (χ3n) is 4.70. The molecular formula is C23H21Cl2N5O3. The lowest BCUT2D eigenvalue weighted by Crippen LogP contribution is -2.47. The van der Waals surface area contributed by atoms with Gasteiger partial charge in [-0.1, -0.05) is 60.1 Å². The summed E-state index contributed by atoms with van der Waals surface area (Å²) in [6, 6.07) is 13.4. The highest BCUT2D eigenvalue weighted by Crippen LogP contribution is 2.27. The van der Waals surface area contributed by atoms with Crippen molar-refractivity contribution < 1.29 is 14.3 Å². The summed E-state index contributed by atoms with van der Waals surface area (Å²) >= 11 is 12.3. The number of rotatable bonds is 6. The first-order valence-electron chi connectivity index (χ1n) is 10.0. The zero-order chi connectivity index (χ0) is 23.8. The Morgan fingerprint density at radius 2 is 2.09 bits per heavy atom. The topological polar surface area (TPSA) is 90.5 Å². The van der Waals surface area contributed by atoms with E-state index in [4.69, 9.17) is 32.7 Å². The molecule has 8 nitrogen and oxygen atoms in total. The number of carbonyl (C=O) groups excluding carboxylic acids is 1. The first kappa shape index (κ1) is 24.1. The fraction of sp³-hybridized carbons (Fsp3) is 0.217. The number of hydrazone groups is 1. The number of hydrogen-bond acceptors (Lipinski definition) is 6. The van der Waals surface area contributed by atoms with Crippen molar-refractivity contribution in [1.29, 1.82) is 5.26 Å². The molecular weight excluding hydrogens is 465 g/mol. The van der Waals surface area contributed by atoms with Gasteiger partial charge in [-0.25, -0.2) is 9.80 Å². The average Bonchev–Trinajstić information content (AvgIpc) is 3.25. The van der Waals surface area contributed by atoms with Crippen molar-refractivity contribution in [2.75, 3.05) is 19.7 Å². The normalized spacial score (nSPS) is 15.5. The number of amidine groups is 1. The highest BCUT2D eigenvalue weighted by Gasteiger charge is 2.38. The molecule has 0 radical (unpaired) electrons. The second kappa shape index (κ2) is 11.4. The van der Waals surface area contributed by atoms with Gasteiger partial charge in [0.05, 0.1) is 28.3 Å². The maximum absolute atomic E-state index is 12.7. The van der Waals surface area contributed by atoms with E-state index in [1.807, 2.05) is 13.0 Å². The number of amides is 1. The van der Waals surface area contributed by atoms with Gasteiger partial charge in [0.25, 0.3) is 0 Å². The van der Waals surface area contributed by atoms with Gasteiger partial charge in [-0.15, -0.1) is 4.99 Å². The van der Waals surface area contributed by atoms with Crippen LogP contribution in [-0.4, -0.2) is 53.5 Å². The van der Waals surface area contributed by atoms with Crippen molar-refractivity contribution >= 4 is 41.0 Å². The number of benzene rings is 2. The molecule has 0 spiro atoms. The number of aliphatic imine (C=N–C) groups is 1. The van der Waals surface area contributed by atoms with Crippen LogP contribution in [0.5, 0.6) is 5.75 Å². The highest BCUT2D eigenvalue weighted by molar-refractivity contribution is 6.42. The van der Waals surface area contributed by atoms with Crippen molar-refractivity contribution in [3.8, 4) is 11.9 Å². The van der Waals surface area contributed by atoms with Crippen LogP contribution in [0, 0.1) is 11.5 Å². The molecule has 1 amide bonds. The predicted octanol–water partition coefficient (Wildman–Crippen LogP) is 4.94. The second-order valence-corrected chi connectivity index (χ2v) is 7.59. The molecule has 1 atom stereocenters. The Hall–Kier alpha value is -3.54. The number of para-hydroxylation sites is 1. The number of ether oxygens (including phenoxy) is 2. The molecule has 2 aromatic rings. The Labute approximate surface area is 201 Å². The molecule has 1 unspecified atom stereocenters. The molecule has 0 saturated heterocycles. The van der Waals surface area contributed by atoms with Crippen molar-refractivity contribution in [3.63, 3.8) is 0 Å². The van der Waals surface area contributed by atoms with Gasteiger partial charge in [-0.3, -0.25) is 4.90 Å². The Morgan fingerprint density at radius 3 is 2.73 bits per heavy atom. The number of nitrogens with zero attached hydrogens (tertiary/aromatic N) is 5. The summed E-state index contributed by atoms with van der Waals surface area (Å²) in [5.41, 5.74) is 1.18. The van der Waals surface area contributed by atoms with E-state index < -0.39 is 12.1 Å². The van der Waals surface area contributed by atoms with Crippen LogP contribution in [0.2, 0.25) is 10.0 Å². The van der Waals surface area contributed by atoms with E-state index in [1.54, 1.807) is 48.7 Å². The van der Waals surface area contributed by atoms with Gasteiger partial charge in [-0.2, -0.15) is 10.4 Å². The van der Waals surface area contributed by atoms with E-state index in [9.17, 15) is 10.1 Å². The summed E-state index contributed by atoms with van der Waals surface area (Å²) in [7, 11) is 0. The van der Waals surface area contributed by atoms with E-state index in [-0.39, 0.29) is 19.2 Å². The molecule has 0 fully saturated rings. The molecule has 2 aromatic carbocycles. The van der Waals surface area contributed by atoms with Crippen molar-refractivity contribution in [1.82, 2.24) is 9.91 Å².